The summed E-state index contributed by atoms with van der Waals surface area (Å²) in [6.45, 7) is 3.65. The number of carbonyl (C=O) groups is 1. The van der Waals surface area contributed by atoms with Crippen LogP contribution in [-0.4, -0.2) is 18.1 Å². The summed E-state index contributed by atoms with van der Waals surface area (Å²) in [5.74, 6) is 0.529. The van der Waals surface area contributed by atoms with Gasteiger partial charge in [0.15, 0.2) is 0 Å². The zero-order valence-electron chi connectivity index (χ0n) is 13.0. The van der Waals surface area contributed by atoms with Crippen LogP contribution < -0.4 is 15.4 Å². The molecule has 0 saturated carbocycles. The van der Waals surface area contributed by atoms with Gasteiger partial charge in [0, 0.05) is 12.1 Å². The van der Waals surface area contributed by atoms with Gasteiger partial charge in [-0.05, 0) is 37.1 Å². The highest BCUT2D eigenvalue weighted by molar-refractivity contribution is 6.01. The lowest BCUT2D eigenvalue weighted by molar-refractivity contribution is -0.384. The van der Waals surface area contributed by atoms with Gasteiger partial charge in [-0.15, -0.1) is 0 Å². The van der Waals surface area contributed by atoms with Crippen LogP contribution in [0.1, 0.15) is 11.1 Å². The Kier molecular flexibility index (Phi) is 4.80. The zero-order chi connectivity index (χ0) is 17.0. The number of hydrogen-bond acceptors (Lipinski definition) is 4. The molecule has 7 nitrogen and oxygen atoms in total. The van der Waals surface area contributed by atoms with E-state index in [1.165, 1.54) is 19.2 Å². The third kappa shape index (κ3) is 3.97. The number of non-ortho nitro benzene ring substituents is 1. The van der Waals surface area contributed by atoms with Crippen molar-refractivity contribution in [2.24, 2.45) is 0 Å². The van der Waals surface area contributed by atoms with Gasteiger partial charge in [-0.1, -0.05) is 12.1 Å². The summed E-state index contributed by atoms with van der Waals surface area (Å²) in [5, 5.41) is 16.1. The second kappa shape index (κ2) is 6.78. The summed E-state index contributed by atoms with van der Waals surface area (Å²) >= 11 is 0. The molecule has 0 atom stereocenters. The van der Waals surface area contributed by atoms with Gasteiger partial charge < -0.3 is 15.4 Å². The maximum absolute atomic E-state index is 12.1. The molecule has 0 radical (unpaired) electrons. The molecule has 2 amide bonds. The zero-order valence-corrected chi connectivity index (χ0v) is 13.0. The number of carbonyl (C=O) groups excluding carboxylic acids is 1. The average molecular weight is 315 g/mol. The summed E-state index contributed by atoms with van der Waals surface area (Å²) in [5.41, 5.74) is 2.50. The number of rotatable bonds is 4. The fourth-order valence-corrected chi connectivity index (χ4v) is 2.05. The number of aryl methyl sites for hydroxylation is 2. The van der Waals surface area contributed by atoms with E-state index >= 15 is 0 Å². The van der Waals surface area contributed by atoms with Crippen molar-refractivity contribution in [3.63, 3.8) is 0 Å². The molecule has 0 aliphatic rings. The van der Waals surface area contributed by atoms with Crippen LogP contribution in [0.4, 0.5) is 21.9 Å². The van der Waals surface area contributed by atoms with Crippen molar-refractivity contribution in [3.8, 4) is 5.75 Å². The second-order valence-corrected chi connectivity index (χ2v) is 5.04. The predicted octanol–water partition coefficient (Wildman–Crippen LogP) is 3.86. The largest absolute Gasteiger partial charge is 0.495 e. The summed E-state index contributed by atoms with van der Waals surface area (Å²) in [6, 6.07) is 9.19. The van der Waals surface area contributed by atoms with E-state index in [-0.39, 0.29) is 5.69 Å². The standard InChI is InChI=1S/C16H17N3O4/c1-10-4-7-15(23-3)14(8-10)18-16(20)17-13-9-12(19(21)22)6-5-11(13)2/h4-9H,1-3H3,(H2,17,18,20). The highest BCUT2D eigenvalue weighted by Crippen LogP contribution is 2.26. The van der Waals surface area contributed by atoms with Crippen molar-refractivity contribution >= 4 is 23.1 Å². The normalized spacial score (nSPS) is 10.0. The number of benzene rings is 2. The van der Waals surface area contributed by atoms with E-state index in [9.17, 15) is 14.9 Å². The summed E-state index contributed by atoms with van der Waals surface area (Å²) in [7, 11) is 1.51. The lowest BCUT2D eigenvalue weighted by Gasteiger charge is -2.13. The van der Waals surface area contributed by atoms with Crippen LogP contribution in [0.3, 0.4) is 0 Å². The van der Waals surface area contributed by atoms with Crippen LogP contribution in [0.5, 0.6) is 5.75 Å². The van der Waals surface area contributed by atoms with E-state index in [0.717, 1.165) is 11.1 Å². The van der Waals surface area contributed by atoms with E-state index in [1.54, 1.807) is 25.1 Å². The van der Waals surface area contributed by atoms with E-state index in [2.05, 4.69) is 10.6 Å². The first-order valence-corrected chi connectivity index (χ1v) is 6.88. The SMILES string of the molecule is COc1ccc(C)cc1NC(=O)Nc1cc([N+](=O)[O-])ccc1C. The number of anilines is 2. The Morgan fingerprint density at radius 2 is 1.78 bits per heavy atom. The lowest BCUT2D eigenvalue weighted by Crippen LogP contribution is -2.20. The van der Waals surface area contributed by atoms with Crippen LogP contribution >= 0.6 is 0 Å². The third-order valence-electron chi connectivity index (χ3n) is 3.28. The maximum atomic E-state index is 12.1. The fraction of sp³-hybridized carbons (Fsp3) is 0.188. The van der Waals surface area contributed by atoms with Gasteiger partial charge in [0.1, 0.15) is 5.75 Å². The lowest BCUT2D eigenvalue weighted by atomic mass is 10.2. The van der Waals surface area contributed by atoms with Gasteiger partial charge >= 0.3 is 6.03 Å². The first-order valence-electron chi connectivity index (χ1n) is 6.88. The predicted molar refractivity (Wildman–Crippen MR) is 88.2 cm³/mol. The second-order valence-electron chi connectivity index (χ2n) is 5.04. The summed E-state index contributed by atoms with van der Waals surface area (Å²) in [6.07, 6.45) is 0. The Bertz CT molecular complexity index is 759. The molecular formula is C16H17N3O4. The highest BCUT2D eigenvalue weighted by Gasteiger charge is 2.12. The molecule has 120 valence electrons. The smallest absolute Gasteiger partial charge is 0.323 e. The van der Waals surface area contributed by atoms with Crippen LogP contribution in [-0.2, 0) is 0 Å². The molecule has 0 unspecified atom stereocenters. The van der Waals surface area contributed by atoms with Gasteiger partial charge in [-0.3, -0.25) is 10.1 Å². The Balaban J connectivity index is 2.19. The summed E-state index contributed by atoms with van der Waals surface area (Å²) < 4.78 is 5.19. The number of urea groups is 1. The number of nitrogens with one attached hydrogen (secondary N) is 2. The molecule has 2 aromatic carbocycles. The van der Waals surface area contributed by atoms with E-state index in [4.69, 9.17) is 4.74 Å². The Hall–Kier alpha value is -3.09. The molecule has 0 fully saturated rings. The molecule has 0 aromatic heterocycles. The van der Waals surface area contributed by atoms with Crippen LogP contribution in [0.25, 0.3) is 0 Å². The number of ether oxygens (including phenoxy) is 1. The Labute approximate surface area is 133 Å². The number of hydrogen-bond donors (Lipinski definition) is 2. The Morgan fingerprint density at radius 3 is 2.43 bits per heavy atom. The first kappa shape index (κ1) is 16.3. The van der Waals surface area contributed by atoms with Crippen LogP contribution in [0, 0.1) is 24.0 Å². The Morgan fingerprint density at radius 1 is 1.09 bits per heavy atom. The monoisotopic (exact) mass is 315 g/mol. The van der Waals surface area contributed by atoms with Gasteiger partial charge in [0.2, 0.25) is 0 Å². The topological polar surface area (TPSA) is 93.5 Å². The molecule has 0 aliphatic carbocycles. The maximum Gasteiger partial charge on any atom is 0.323 e. The summed E-state index contributed by atoms with van der Waals surface area (Å²) in [4.78, 5) is 22.5. The first-order chi connectivity index (χ1) is 10.9. The van der Waals surface area contributed by atoms with E-state index < -0.39 is 11.0 Å². The van der Waals surface area contributed by atoms with E-state index in [1.807, 2.05) is 13.0 Å². The molecule has 0 saturated heterocycles. The third-order valence-corrected chi connectivity index (χ3v) is 3.28. The number of methoxy groups -OCH3 is 1. The van der Waals surface area contributed by atoms with Crippen LogP contribution in [0.2, 0.25) is 0 Å². The molecule has 0 spiro atoms. The van der Waals surface area contributed by atoms with Crippen molar-refractivity contribution in [2.45, 2.75) is 13.8 Å². The van der Waals surface area contributed by atoms with Gasteiger partial charge in [0.05, 0.1) is 23.4 Å². The van der Waals surface area contributed by atoms with Gasteiger partial charge in [-0.25, -0.2) is 4.79 Å². The molecule has 0 aliphatic heterocycles. The fourth-order valence-electron chi connectivity index (χ4n) is 2.05. The molecule has 0 heterocycles. The van der Waals surface area contributed by atoms with Gasteiger partial charge in [0.25, 0.3) is 5.69 Å². The number of amides is 2. The molecule has 2 N–H and O–H groups in total. The highest BCUT2D eigenvalue weighted by atomic mass is 16.6. The molecule has 2 rings (SSSR count). The quantitative estimate of drug-likeness (QED) is 0.661. The molecule has 23 heavy (non-hydrogen) atoms. The molecule has 0 bridgehead atoms. The number of nitro benzene ring substituents is 1. The number of nitro groups is 1. The minimum absolute atomic E-state index is 0.0842. The number of nitrogens with zero attached hydrogens (tertiary/aromatic N) is 1. The van der Waals surface area contributed by atoms with E-state index in [0.29, 0.717) is 17.1 Å². The molecular weight excluding hydrogens is 298 g/mol. The molecule has 2 aromatic rings. The minimum atomic E-state index is -0.508. The average Bonchev–Trinajstić information content (AvgIpc) is 2.49. The molecule has 7 heteroatoms. The van der Waals surface area contributed by atoms with Crippen molar-refractivity contribution in [1.29, 1.82) is 0 Å². The minimum Gasteiger partial charge on any atom is -0.495 e. The van der Waals surface area contributed by atoms with Crippen molar-refractivity contribution in [1.82, 2.24) is 0 Å². The van der Waals surface area contributed by atoms with Crippen LogP contribution in [0.15, 0.2) is 36.4 Å². The van der Waals surface area contributed by atoms with Crippen molar-refractivity contribution < 1.29 is 14.5 Å². The van der Waals surface area contributed by atoms with Gasteiger partial charge in [-0.2, -0.15) is 0 Å². The van der Waals surface area contributed by atoms with Crippen molar-refractivity contribution in [3.05, 3.63) is 57.6 Å². The van der Waals surface area contributed by atoms with Crippen molar-refractivity contribution in [2.75, 3.05) is 17.7 Å².